The van der Waals surface area contributed by atoms with Crippen LogP contribution in [-0.2, 0) is 0 Å². The Bertz CT molecular complexity index is 854. The zero-order valence-corrected chi connectivity index (χ0v) is 12.0. The molecule has 22 heavy (non-hydrogen) atoms. The van der Waals surface area contributed by atoms with Crippen molar-refractivity contribution in [2.24, 2.45) is 0 Å². The van der Waals surface area contributed by atoms with Crippen LogP contribution in [0.4, 0.5) is 5.69 Å². The number of amides is 1. The normalized spacial score (nSPS) is 10.4. The lowest BCUT2D eigenvalue weighted by Crippen LogP contribution is -2.13. The highest BCUT2D eigenvalue weighted by Gasteiger charge is 2.09. The Hall–Kier alpha value is -3.01. The molecule has 4 heteroatoms. The van der Waals surface area contributed by atoms with Crippen molar-refractivity contribution in [3.05, 3.63) is 71.9 Å². The van der Waals surface area contributed by atoms with E-state index in [0.29, 0.717) is 16.9 Å². The summed E-state index contributed by atoms with van der Waals surface area (Å²) in [5.74, 6) is -0.282. The van der Waals surface area contributed by atoms with Crippen molar-refractivity contribution in [1.82, 2.24) is 4.98 Å². The second-order valence-corrected chi connectivity index (χ2v) is 4.98. The minimum atomic E-state index is -0.277. The summed E-state index contributed by atoms with van der Waals surface area (Å²) in [4.78, 5) is 27.8. The standard InChI is InChI=1S/C18H14N2O2/c1-12(21)13-6-9-15(10-7-13)19-18(22)17-11-8-14-4-2-3-5-16(14)20-17/h2-11H,1H3,(H,19,22). The molecule has 3 rings (SSSR count). The molecule has 0 bridgehead atoms. The summed E-state index contributed by atoms with van der Waals surface area (Å²) in [6.07, 6.45) is 0. The molecule has 0 fully saturated rings. The van der Waals surface area contributed by atoms with Gasteiger partial charge in [-0.1, -0.05) is 24.3 Å². The Balaban J connectivity index is 1.81. The van der Waals surface area contributed by atoms with Crippen LogP contribution < -0.4 is 5.32 Å². The van der Waals surface area contributed by atoms with Gasteiger partial charge < -0.3 is 5.32 Å². The van der Waals surface area contributed by atoms with Crippen LogP contribution in [-0.4, -0.2) is 16.7 Å². The SMILES string of the molecule is CC(=O)c1ccc(NC(=O)c2ccc3ccccc3n2)cc1. The molecule has 0 saturated carbocycles. The number of pyridine rings is 1. The maximum atomic E-state index is 12.2. The number of Topliss-reactive ketones (excluding diaryl/α,β-unsaturated/α-hetero) is 1. The molecule has 1 N–H and O–H groups in total. The van der Waals surface area contributed by atoms with Crippen molar-refractivity contribution in [2.75, 3.05) is 5.32 Å². The summed E-state index contributed by atoms with van der Waals surface area (Å²) in [6, 6.07) is 18.0. The highest BCUT2D eigenvalue weighted by Crippen LogP contribution is 2.14. The van der Waals surface area contributed by atoms with Crippen LogP contribution in [0.15, 0.2) is 60.7 Å². The van der Waals surface area contributed by atoms with E-state index >= 15 is 0 Å². The zero-order chi connectivity index (χ0) is 15.5. The van der Waals surface area contributed by atoms with Gasteiger partial charge in [0, 0.05) is 16.6 Å². The van der Waals surface area contributed by atoms with E-state index in [1.54, 1.807) is 30.3 Å². The average Bonchev–Trinajstić information content (AvgIpc) is 2.55. The molecule has 3 aromatic rings. The molecule has 1 aromatic heterocycles. The smallest absolute Gasteiger partial charge is 0.274 e. The average molecular weight is 290 g/mol. The number of nitrogens with one attached hydrogen (secondary N) is 1. The first-order valence-corrected chi connectivity index (χ1v) is 6.91. The van der Waals surface area contributed by atoms with Crippen LogP contribution >= 0.6 is 0 Å². The first-order valence-electron chi connectivity index (χ1n) is 6.91. The summed E-state index contributed by atoms with van der Waals surface area (Å²) in [7, 11) is 0. The minimum absolute atomic E-state index is 0.00549. The fourth-order valence-electron chi connectivity index (χ4n) is 2.18. The Kier molecular flexibility index (Phi) is 3.66. The molecule has 108 valence electrons. The molecule has 4 nitrogen and oxygen atoms in total. The summed E-state index contributed by atoms with van der Waals surface area (Å²) in [5.41, 5.74) is 2.38. The van der Waals surface area contributed by atoms with Crippen LogP contribution in [0.25, 0.3) is 10.9 Å². The van der Waals surface area contributed by atoms with Gasteiger partial charge in [-0.15, -0.1) is 0 Å². The van der Waals surface area contributed by atoms with Gasteiger partial charge in [-0.3, -0.25) is 9.59 Å². The molecule has 0 radical (unpaired) electrons. The third kappa shape index (κ3) is 2.86. The predicted octanol–water partition coefficient (Wildman–Crippen LogP) is 3.69. The van der Waals surface area contributed by atoms with E-state index in [-0.39, 0.29) is 11.7 Å². The van der Waals surface area contributed by atoms with Crippen molar-refractivity contribution in [2.45, 2.75) is 6.92 Å². The topological polar surface area (TPSA) is 59.1 Å². The van der Waals surface area contributed by atoms with Gasteiger partial charge >= 0.3 is 0 Å². The lowest BCUT2D eigenvalue weighted by Gasteiger charge is -2.06. The summed E-state index contributed by atoms with van der Waals surface area (Å²) >= 11 is 0. The number of carbonyl (C=O) groups is 2. The largest absolute Gasteiger partial charge is 0.321 e. The van der Waals surface area contributed by atoms with Crippen LogP contribution in [0.3, 0.4) is 0 Å². The molecule has 1 amide bonds. The second kappa shape index (κ2) is 5.77. The summed E-state index contributed by atoms with van der Waals surface area (Å²) in [5, 5.41) is 3.77. The monoisotopic (exact) mass is 290 g/mol. The quantitative estimate of drug-likeness (QED) is 0.748. The van der Waals surface area contributed by atoms with Crippen LogP contribution in [0.5, 0.6) is 0 Å². The number of carbonyl (C=O) groups excluding carboxylic acids is 2. The number of anilines is 1. The van der Waals surface area contributed by atoms with Crippen LogP contribution in [0.2, 0.25) is 0 Å². The number of nitrogens with zero attached hydrogens (tertiary/aromatic N) is 1. The van der Waals surface area contributed by atoms with E-state index in [1.165, 1.54) is 6.92 Å². The molecule has 2 aromatic carbocycles. The number of benzene rings is 2. The van der Waals surface area contributed by atoms with E-state index in [4.69, 9.17) is 0 Å². The Morgan fingerprint density at radius 1 is 0.909 bits per heavy atom. The first kappa shape index (κ1) is 13.9. The number of hydrogen-bond acceptors (Lipinski definition) is 3. The highest BCUT2D eigenvalue weighted by atomic mass is 16.2. The molecule has 0 aliphatic heterocycles. The molecule has 1 heterocycles. The molecule has 0 unspecified atom stereocenters. The van der Waals surface area contributed by atoms with Crippen molar-refractivity contribution >= 4 is 28.3 Å². The maximum Gasteiger partial charge on any atom is 0.274 e. The summed E-state index contributed by atoms with van der Waals surface area (Å²) < 4.78 is 0. The van der Waals surface area contributed by atoms with Crippen molar-refractivity contribution in [3.8, 4) is 0 Å². The lowest BCUT2D eigenvalue weighted by atomic mass is 10.1. The Morgan fingerprint density at radius 2 is 1.64 bits per heavy atom. The van der Waals surface area contributed by atoms with E-state index in [0.717, 1.165) is 10.9 Å². The highest BCUT2D eigenvalue weighted by molar-refractivity contribution is 6.04. The van der Waals surface area contributed by atoms with Gasteiger partial charge in [-0.25, -0.2) is 4.98 Å². The van der Waals surface area contributed by atoms with Crippen molar-refractivity contribution in [1.29, 1.82) is 0 Å². The first-order chi connectivity index (χ1) is 10.6. The van der Waals surface area contributed by atoms with Crippen LogP contribution in [0, 0.1) is 0 Å². The van der Waals surface area contributed by atoms with Gasteiger partial charge in [-0.05, 0) is 43.3 Å². The van der Waals surface area contributed by atoms with Crippen molar-refractivity contribution in [3.63, 3.8) is 0 Å². The number of fused-ring (bicyclic) bond motifs is 1. The molecule has 0 aliphatic rings. The number of ketones is 1. The Morgan fingerprint density at radius 3 is 2.36 bits per heavy atom. The molecule has 0 atom stereocenters. The molecular weight excluding hydrogens is 276 g/mol. The van der Waals surface area contributed by atoms with E-state index < -0.39 is 0 Å². The maximum absolute atomic E-state index is 12.2. The zero-order valence-electron chi connectivity index (χ0n) is 12.0. The number of para-hydroxylation sites is 1. The Labute approximate surface area is 127 Å². The number of aromatic nitrogens is 1. The van der Waals surface area contributed by atoms with Crippen LogP contribution in [0.1, 0.15) is 27.8 Å². The van der Waals surface area contributed by atoms with Gasteiger partial charge in [-0.2, -0.15) is 0 Å². The third-order valence-corrected chi connectivity index (χ3v) is 3.38. The van der Waals surface area contributed by atoms with Crippen molar-refractivity contribution < 1.29 is 9.59 Å². The lowest BCUT2D eigenvalue weighted by molar-refractivity contribution is 0.101. The second-order valence-electron chi connectivity index (χ2n) is 4.98. The molecule has 0 aliphatic carbocycles. The van der Waals surface area contributed by atoms with Gasteiger partial charge in [0.15, 0.2) is 5.78 Å². The van der Waals surface area contributed by atoms with Gasteiger partial charge in [0.1, 0.15) is 5.69 Å². The van der Waals surface area contributed by atoms with E-state index in [2.05, 4.69) is 10.3 Å². The fourth-order valence-corrected chi connectivity index (χ4v) is 2.18. The minimum Gasteiger partial charge on any atom is -0.321 e. The third-order valence-electron chi connectivity index (χ3n) is 3.38. The number of rotatable bonds is 3. The number of hydrogen-bond donors (Lipinski definition) is 1. The van der Waals surface area contributed by atoms with Gasteiger partial charge in [0.25, 0.3) is 5.91 Å². The predicted molar refractivity (Wildman–Crippen MR) is 86.1 cm³/mol. The molecule has 0 spiro atoms. The molecular formula is C18H14N2O2. The summed E-state index contributed by atoms with van der Waals surface area (Å²) in [6.45, 7) is 1.51. The van der Waals surface area contributed by atoms with E-state index in [9.17, 15) is 9.59 Å². The fraction of sp³-hybridized carbons (Fsp3) is 0.0556. The van der Waals surface area contributed by atoms with E-state index in [1.807, 2.05) is 30.3 Å². The van der Waals surface area contributed by atoms with Gasteiger partial charge in [0.05, 0.1) is 5.52 Å². The van der Waals surface area contributed by atoms with Gasteiger partial charge in [0.2, 0.25) is 0 Å². The molecule has 0 saturated heterocycles.